The molecule has 0 saturated carbocycles. The van der Waals surface area contributed by atoms with Gasteiger partial charge >= 0.3 is 0 Å². The van der Waals surface area contributed by atoms with Crippen molar-refractivity contribution in [1.82, 2.24) is 10.2 Å². The van der Waals surface area contributed by atoms with Gasteiger partial charge in [-0.15, -0.1) is 11.3 Å². The quantitative estimate of drug-likeness (QED) is 0.839. The van der Waals surface area contributed by atoms with Crippen LogP contribution in [0.25, 0.3) is 0 Å². The highest BCUT2D eigenvalue weighted by molar-refractivity contribution is 7.09. The summed E-state index contributed by atoms with van der Waals surface area (Å²) in [5.74, 6) is 0. The van der Waals surface area contributed by atoms with Gasteiger partial charge in [-0.25, -0.2) is 0 Å². The van der Waals surface area contributed by atoms with E-state index in [-0.39, 0.29) is 5.54 Å². The van der Waals surface area contributed by atoms with E-state index in [0.29, 0.717) is 6.04 Å². The molecule has 98 valence electrons. The van der Waals surface area contributed by atoms with E-state index in [2.05, 4.69) is 62.5 Å². The lowest BCUT2D eigenvalue weighted by molar-refractivity contribution is 0.247. The first-order chi connectivity index (χ1) is 7.88. The molecule has 1 unspecified atom stereocenters. The molecule has 0 saturated heterocycles. The Morgan fingerprint density at radius 3 is 2.65 bits per heavy atom. The first-order valence-electron chi connectivity index (χ1n) is 6.36. The Kier molecular flexibility index (Phi) is 5.63. The maximum atomic E-state index is 3.53. The molecule has 0 aliphatic heterocycles. The second-order valence-corrected chi connectivity index (χ2v) is 6.82. The van der Waals surface area contributed by atoms with Crippen LogP contribution >= 0.6 is 11.3 Å². The third-order valence-electron chi connectivity index (χ3n) is 2.95. The standard InChI is InChI=1S/C14H26N2S/c1-12(11-13-7-6-10-17-13)16(5)9-8-15-14(2,3)4/h6-7,10,12,15H,8-9,11H2,1-5H3. The maximum Gasteiger partial charge on any atom is 0.0113 e. The summed E-state index contributed by atoms with van der Waals surface area (Å²) in [6.07, 6.45) is 1.16. The zero-order valence-electron chi connectivity index (χ0n) is 11.8. The predicted molar refractivity (Wildman–Crippen MR) is 77.9 cm³/mol. The Morgan fingerprint density at radius 1 is 1.41 bits per heavy atom. The van der Waals surface area contributed by atoms with Crippen molar-refractivity contribution in [3.05, 3.63) is 22.4 Å². The molecule has 17 heavy (non-hydrogen) atoms. The lowest BCUT2D eigenvalue weighted by atomic mass is 10.1. The number of hydrogen-bond acceptors (Lipinski definition) is 3. The molecule has 1 heterocycles. The molecule has 3 heteroatoms. The van der Waals surface area contributed by atoms with Crippen LogP contribution in [0.5, 0.6) is 0 Å². The van der Waals surface area contributed by atoms with Gasteiger partial charge in [0.2, 0.25) is 0 Å². The zero-order valence-corrected chi connectivity index (χ0v) is 12.6. The van der Waals surface area contributed by atoms with Gasteiger partial charge in [0, 0.05) is 29.5 Å². The van der Waals surface area contributed by atoms with Crippen LogP contribution in [0.15, 0.2) is 17.5 Å². The normalized spacial score (nSPS) is 14.2. The predicted octanol–water partition coefficient (Wildman–Crippen LogP) is 3.00. The summed E-state index contributed by atoms with van der Waals surface area (Å²) in [5.41, 5.74) is 0.220. The van der Waals surface area contributed by atoms with E-state index >= 15 is 0 Å². The van der Waals surface area contributed by atoms with Crippen molar-refractivity contribution in [2.24, 2.45) is 0 Å². The fourth-order valence-electron chi connectivity index (χ4n) is 1.70. The van der Waals surface area contributed by atoms with E-state index in [1.54, 1.807) is 0 Å². The average molecular weight is 254 g/mol. The third kappa shape index (κ3) is 6.20. The van der Waals surface area contributed by atoms with E-state index < -0.39 is 0 Å². The third-order valence-corrected chi connectivity index (χ3v) is 3.85. The summed E-state index contributed by atoms with van der Waals surface area (Å²) in [6.45, 7) is 11.1. The summed E-state index contributed by atoms with van der Waals surface area (Å²) < 4.78 is 0. The van der Waals surface area contributed by atoms with Crippen LogP contribution < -0.4 is 5.32 Å². The van der Waals surface area contributed by atoms with Gasteiger partial charge in [-0.1, -0.05) is 6.07 Å². The van der Waals surface area contributed by atoms with Crippen LogP contribution in [0, 0.1) is 0 Å². The lowest BCUT2D eigenvalue weighted by Gasteiger charge is -2.27. The molecule has 1 N–H and O–H groups in total. The number of nitrogens with zero attached hydrogens (tertiary/aromatic N) is 1. The number of hydrogen-bond donors (Lipinski definition) is 1. The van der Waals surface area contributed by atoms with Crippen LogP contribution in [-0.4, -0.2) is 36.6 Å². The topological polar surface area (TPSA) is 15.3 Å². The van der Waals surface area contributed by atoms with Crippen molar-refractivity contribution < 1.29 is 0 Å². The highest BCUT2D eigenvalue weighted by atomic mass is 32.1. The minimum Gasteiger partial charge on any atom is -0.311 e. The zero-order chi connectivity index (χ0) is 12.9. The van der Waals surface area contributed by atoms with Crippen LogP contribution in [0.2, 0.25) is 0 Å². The van der Waals surface area contributed by atoms with Crippen molar-refractivity contribution in [1.29, 1.82) is 0 Å². The van der Waals surface area contributed by atoms with Crippen molar-refractivity contribution in [3.63, 3.8) is 0 Å². The molecule has 0 aliphatic rings. The summed E-state index contributed by atoms with van der Waals surface area (Å²) in [4.78, 5) is 3.91. The molecule has 0 spiro atoms. The van der Waals surface area contributed by atoms with Gasteiger partial charge in [0.1, 0.15) is 0 Å². The van der Waals surface area contributed by atoms with Gasteiger partial charge in [0.15, 0.2) is 0 Å². The van der Waals surface area contributed by atoms with E-state index in [4.69, 9.17) is 0 Å². The summed E-state index contributed by atoms with van der Waals surface area (Å²) in [7, 11) is 2.21. The fourth-order valence-corrected chi connectivity index (χ4v) is 2.53. The molecule has 0 aliphatic carbocycles. The van der Waals surface area contributed by atoms with Crippen molar-refractivity contribution in [3.8, 4) is 0 Å². The molecule has 1 rings (SSSR count). The summed E-state index contributed by atoms with van der Waals surface area (Å²) in [6, 6.07) is 4.96. The van der Waals surface area contributed by atoms with Gasteiger partial charge in [-0.3, -0.25) is 0 Å². The van der Waals surface area contributed by atoms with Gasteiger partial charge in [0.25, 0.3) is 0 Å². The first-order valence-corrected chi connectivity index (χ1v) is 7.24. The van der Waals surface area contributed by atoms with Crippen LogP contribution in [0.4, 0.5) is 0 Å². The van der Waals surface area contributed by atoms with E-state index in [1.165, 1.54) is 4.88 Å². The number of likely N-dealkylation sites (N-methyl/N-ethyl adjacent to an activating group) is 1. The van der Waals surface area contributed by atoms with E-state index in [1.807, 2.05) is 11.3 Å². The number of nitrogens with one attached hydrogen (secondary N) is 1. The minimum atomic E-state index is 0.220. The second-order valence-electron chi connectivity index (χ2n) is 5.79. The molecule has 1 aromatic heterocycles. The second kappa shape index (κ2) is 6.53. The largest absolute Gasteiger partial charge is 0.311 e. The van der Waals surface area contributed by atoms with Crippen LogP contribution in [0.1, 0.15) is 32.6 Å². The molecule has 0 bridgehead atoms. The monoisotopic (exact) mass is 254 g/mol. The fraction of sp³-hybridized carbons (Fsp3) is 0.714. The Bertz CT molecular complexity index is 301. The molecule has 0 fully saturated rings. The van der Waals surface area contributed by atoms with Gasteiger partial charge in [-0.05, 0) is 52.6 Å². The molecular weight excluding hydrogens is 228 g/mol. The van der Waals surface area contributed by atoms with Gasteiger partial charge < -0.3 is 10.2 Å². The van der Waals surface area contributed by atoms with Crippen molar-refractivity contribution >= 4 is 11.3 Å². The first kappa shape index (κ1) is 14.7. The molecule has 0 radical (unpaired) electrons. The number of rotatable bonds is 6. The molecule has 1 aromatic rings. The smallest absolute Gasteiger partial charge is 0.0113 e. The molecule has 0 aromatic carbocycles. The van der Waals surface area contributed by atoms with Crippen LogP contribution in [0.3, 0.4) is 0 Å². The van der Waals surface area contributed by atoms with Gasteiger partial charge in [0.05, 0.1) is 0 Å². The highest BCUT2D eigenvalue weighted by Gasteiger charge is 2.12. The van der Waals surface area contributed by atoms with Crippen molar-refractivity contribution in [2.75, 3.05) is 20.1 Å². The summed E-state index contributed by atoms with van der Waals surface area (Å²) in [5, 5.41) is 5.68. The molecule has 1 atom stereocenters. The van der Waals surface area contributed by atoms with Crippen LogP contribution in [-0.2, 0) is 6.42 Å². The highest BCUT2D eigenvalue weighted by Crippen LogP contribution is 2.13. The SMILES string of the molecule is CC(Cc1cccs1)N(C)CCNC(C)(C)C. The lowest BCUT2D eigenvalue weighted by Crippen LogP contribution is -2.42. The van der Waals surface area contributed by atoms with Crippen molar-refractivity contribution in [2.45, 2.75) is 45.7 Å². The Balaban J connectivity index is 2.25. The Hall–Kier alpha value is -0.380. The average Bonchev–Trinajstić information content (AvgIpc) is 2.68. The van der Waals surface area contributed by atoms with E-state index in [9.17, 15) is 0 Å². The summed E-state index contributed by atoms with van der Waals surface area (Å²) >= 11 is 1.85. The van der Waals surface area contributed by atoms with E-state index in [0.717, 1.165) is 19.5 Å². The Morgan fingerprint density at radius 2 is 2.12 bits per heavy atom. The molecular formula is C14H26N2S. The number of thiophene rings is 1. The molecule has 2 nitrogen and oxygen atoms in total. The maximum absolute atomic E-state index is 3.53. The minimum absolute atomic E-state index is 0.220. The Labute approximate surface area is 110 Å². The molecule has 0 amide bonds. The van der Waals surface area contributed by atoms with Gasteiger partial charge in [-0.2, -0.15) is 0 Å².